The fourth-order valence-corrected chi connectivity index (χ4v) is 3.44. The zero-order valence-electron chi connectivity index (χ0n) is 7.47. The van der Waals surface area contributed by atoms with Crippen molar-refractivity contribution in [1.29, 1.82) is 0 Å². The van der Waals surface area contributed by atoms with Gasteiger partial charge in [-0.15, -0.1) is 11.3 Å². The summed E-state index contributed by atoms with van der Waals surface area (Å²) in [5.41, 5.74) is 2.83. The third kappa shape index (κ3) is 2.76. The zero-order valence-corrected chi connectivity index (χ0v) is 11.5. The average Bonchev–Trinajstić information content (AvgIpc) is 2.32. The van der Waals surface area contributed by atoms with E-state index in [1.165, 1.54) is 4.88 Å². The second-order valence-corrected chi connectivity index (χ2v) is 6.41. The third-order valence-corrected chi connectivity index (χ3v) is 5.16. The van der Waals surface area contributed by atoms with Gasteiger partial charge >= 0.3 is 0 Å². The van der Waals surface area contributed by atoms with E-state index in [2.05, 4.69) is 57.2 Å². The number of hydrogen-bond donors (Lipinski definition) is 2. The Hall–Kier alpha value is 0.580. The molecular weight excluding hydrogens is 316 g/mol. The lowest BCUT2D eigenvalue weighted by atomic mass is 10.0. The van der Waals surface area contributed by atoms with Crippen LogP contribution in [-0.2, 0) is 0 Å². The first-order valence-corrected chi connectivity index (χ1v) is 6.37. The van der Waals surface area contributed by atoms with Crippen LogP contribution in [-0.4, -0.2) is 0 Å². The van der Waals surface area contributed by atoms with E-state index in [9.17, 15) is 0 Å². The molecule has 0 saturated heterocycles. The van der Waals surface area contributed by atoms with Crippen LogP contribution in [0.4, 0.5) is 0 Å². The highest BCUT2D eigenvalue weighted by Crippen LogP contribution is 2.37. The molecule has 0 aliphatic heterocycles. The van der Waals surface area contributed by atoms with Gasteiger partial charge in [-0.25, -0.2) is 0 Å². The number of nitrogens with one attached hydrogen (secondary N) is 1. The van der Waals surface area contributed by atoms with Gasteiger partial charge in [-0.1, -0.05) is 13.8 Å². The van der Waals surface area contributed by atoms with Gasteiger partial charge in [0.25, 0.3) is 0 Å². The molecule has 3 N–H and O–H groups in total. The SMILES string of the molecule is CC(C)C(NN)c1cc(Br)c(Br)s1. The molecule has 0 spiro atoms. The van der Waals surface area contributed by atoms with Crippen molar-refractivity contribution < 1.29 is 0 Å². The van der Waals surface area contributed by atoms with Crippen molar-refractivity contribution >= 4 is 43.2 Å². The van der Waals surface area contributed by atoms with Crippen LogP contribution < -0.4 is 11.3 Å². The molecule has 1 rings (SSSR count). The van der Waals surface area contributed by atoms with Crippen LogP contribution in [0.2, 0.25) is 0 Å². The minimum Gasteiger partial charge on any atom is -0.271 e. The third-order valence-electron chi connectivity index (χ3n) is 1.82. The van der Waals surface area contributed by atoms with Crippen molar-refractivity contribution in [1.82, 2.24) is 5.43 Å². The van der Waals surface area contributed by atoms with E-state index in [1.54, 1.807) is 11.3 Å². The minimum atomic E-state index is 0.229. The highest BCUT2D eigenvalue weighted by Gasteiger charge is 2.17. The molecule has 74 valence electrons. The lowest BCUT2D eigenvalue weighted by molar-refractivity contribution is 0.427. The molecule has 0 amide bonds. The van der Waals surface area contributed by atoms with Crippen molar-refractivity contribution in [2.24, 2.45) is 11.8 Å². The van der Waals surface area contributed by atoms with Gasteiger partial charge in [-0.05, 0) is 43.8 Å². The summed E-state index contributed by atoms with van der Waals surface area (Å²) < 4.78 is 2.21. The van der Waals surface area contributed by atoms with Gasteiger partial charge in [0.2, 0.25) is 0 Å². The van der Waals surface area contributed by atoms with Crippen LogP contribution in [0.5, 0.6) is 0 Å². The summed E-state index contributed by atoms with van der Waals surface area (Å²) in [7, 11) is 0. The standard InChI is InChI=1S/C8H12Br2N2S/c1-4(2)7(12-11)6-3-5(9)8(10)13-6/h3-4,7,12H,11H2,1-2H3. The summed E-state index contributed by atoms with van der Waals surface area (Å²) in [6.07, 6.45) is 0. The van der Waals surface area contributed by atoms with E-state index in [1.807, 2.05) is 0 Å². The second-order valence-electron chi connectivity index (χ2n) is 3.16. The van der Waals surface area contributed by atoms with E-state index >= 15 is 0 Å². The lowest BCUT2D eigenvalue weighted by Gasteiger charge is -2.17. The molecule has 0 saturated carbocycles. The number of hydrazine groups is 1. The van der Waals surface area contributed by atoms with Crippen LogP contribution in [0, 0.1) is 5.92 Å². The Balaban J connectivity index is 2.92. The van der Waals surface area contributed by atoms with Crippen LogP contribution in [0.25, 0.3) is 0 Å². The van der Waals surface area contributed by atoms with Gasteiger partial charge in [-0.3, -0.25) is 11.3 Å². The number of nitrogens with two attached hydrogens (primary N) is 1. The Bertz CT molecular complexity index is 266. The van der Waals surface area contributed by atoms with E-state index in [4.69, 9.17) is 5.84 Å². The van der Waals surface area contributed by atoms with Gasteiger partial charge in [0.05, 0.1) is 9.83 Å². The predicted octanol–water partition coefficient (Wildman–Crippen LogP) is 3.43. The van der Waals surface area contributed by atoms with Gasteiger partial charge in [0, 0.05) is 9.35 Å². The molecule has 0 bridgehead atoms. The monoisotopic (exact) mass is 326 g/mol. The topological polar surface area (TPSA) is 38.0 Å². The van der Waals surface area contributed by atoms with Crippen LogP contribution in [0.15, 0.2) is 14.3 Å². The average molecular weight is 328 g/mol. The van der Waals surface area contributed by atoms with E-state index in [0.29, 0.717) is 5.92 Å². The van der Waals surface area contributed by atoms with Crippen LogP contribution in [0.1, 0.15) is 24.8 Å². The normalized spacial score (nSPS) is 13.7. The molecule has 1 unspecified atom stereocenters. The fraction of sp³-hybridized carbons (Fsp3) is 0.500. The molecule has 0 aromatic carbocycles. The first-order chi connectivity index (χ1) is 6.06. The van der Waals surface area contributed by atoms with Gasteiger partial charge in [0.1, 0.15) is 0 Å². The first kappa shape index (κ1) is 11.7. The van der Waals surface area contributed by atoms with Gasteiger partial charge in [0.15, 0.2) is 0 Å². The van der Waals surface area contributed by atoms with Gasteiger partial charge < -0.3 is 0 Å². The summed E-state index contributed by atoms with van der Waals surface area (Å²) in [4.78, 5) is 1.25. The van der Waals surface area contributed by atoms with E-state index in [-0.39, 0.29) is 6.04 Å². The summed E-state index contributed by atoms with van der Waals surface area (Å²) in [6, 6.07) is 2.33. The molecule has 1 heterocycles. The molecule has 0 radical (unpaired) electrons. The molecule has 0 aliphatic rings. The highest BCUT2D eigenvalue weighted by molar-refractivity contribution is 9.13. The first-order valence-electron chi connectivity index (χ1n) is 3.97. The largest absolute Gasteiger partial charge is 0.271 e. The predicted molar refractivity (Wildman–Crippen MR) is 64.6 cm³/mol. The second kappa shape index (κ2) is 4.89. The van der Waals surface area contributed by atoms with Crippen LogP contribution >= 0.6 is 43.2 Å². The maximum atomic E-state index is 5.49. The summed E-state index contributed by atoms with van der Waals surface area (Å²) in [5.74, 6) is 5.98. The smallest absolute Gasteiger partial charge is 0.0843 e. The molecule has 13 heavy (non-hydrogen) atoms. The minimum absolute atomic E-state index is 0.229. The number of thiophene rings is 1. The maximum absolute atomic E-state index is 5.49. The highest BCUT2D eigenvalue weighted by atomic mass is 79.9. The Morgan fingerprint density at radius 2 is 2.08 bits per heavy atom. The maximum Gasteiger partial charge on any atom is 0.0843 e. The van der Waals surface area contributed by atoms with Crippen molar-refractivity contribution in [3.8, 4) is 0 Å². The van der Waals surface area contributed by atoms with Gasteiger partial charge in [-0.2, -0.15) is 0 Å². The number of hydrogen-bond acceptors (Lipinski definition) is 3. The molecule has 0 fully saturated rings. The molecule has 1 atom stereocenters. The fourth-order valence-electron chi connectivity index (χ4n) is 1.12. The molecule has 1 aromatic rings. The van der Waals surface area contributed by atoms with E-state index < -0.39 is 0 Å². The van der Waals surface area contributed by atoms with Crippen molar-refractivity contribution in [2.45, 2.75) is 19.9 Å². The van der Waals surface area contributed by atoms with Crippen molar-refractivity contribution in [2.75, 3.05) is 0 Å². The number of halogens is 2. The van der Waals surface area contributed by atoms with Crippen molar-refractivity contribution in [3.05, 3.63) is 19.2 Å². The van der Waals surface area contributed by atoms with Crippen LogP contribution in [0.3, 0.4) is 0 Å². The molecule has 5 heteroatoms. The Morgan fingerprint density at radius 3 is 2.38 bits per heavy atom. The Labute approximate surface area is 99.1 Å². The summed E-state index contributed by atoms with van der Waals surface area (Å²) in [5, 5.41) is 0. The van der Waals surface area contributed by atoms with Crippen molar-refractivity contribution in [3.63, 3.8) is 0 Å². The Kier molecular flexibility index (Phi) is 4.38. The molecular formula is C8H12Br2N2S. The quantitative estimate of drug-likeness (QED) is 0.659. The Morgan fingerprint density at radius 1 is 1.46 bits per heavy atom. The lowest BCUT2D eigenvalue weighted by Crippen LogP contribution is -2.30. The van der Waals surface area contributed by atoms with E-state index in [0.717, 1.165) is 8.26 Å². The molecule has 0 aliphatic carbocycles. The zero-order chi connectivity index (χ0) is 10.0. The number of rotatable bonds is 3. The summed E-state index contributed by atoms with van der Waals surface area (Å²) in [6.45, 7) is 4.29. The molecule has 1 aromatic heterocycles. The molecule has 2 nitrogen and oxygen atoms in total. The summed E-state index contributed by atoms with van der Waals surface area (Å²) >= 11 is 8.63.